The van der Waals surface area contributed by atoms with Crippen molar-refractivity contribution >= 4 is 5.78 Å². The van der Waals surface area contributed by atoms with Crippen LogP contribution in [0.25, 0.3) is 0 Å². The zero-order chi connectivity index (χ0) is 26.2. The van der Waals surface area contributed by atoms with Gasteiger partial charge in [0.05, 0.1) is 126 Å². The van der Waals surface area contributed by atoms with Crippen molar-refractivity contribution in [1.29, 1.82) is 0 Å². The lowest BCUT2D eigenvalue weighted by Gasteiger charge is -2.09. The minimum atomic E-state index is 0.129. The summed E-state index contributed by atoms with van der Waals surface area (Å²) in [5.41, 5.74) is 0. The van der Waals surface area contributed by atoms with Crippen LogP contribution in [0.3, 0.4) is 0 Å². The SMILES string of the molecule is CCCOCCOCCOCCOCCOCCOCCOCCOCCOCCOCCC(C)=O. The van der Waals surface area contributed by atoms with E-state index in [1.54, 1.807) is 6.92 Å². The highest BCUT2D eigenvalue weighted by Crippen LogP contribution is 1.88. The van der Waals surface area contributed by atoms with Gasteiger partial charge in [0.2, 0.25) is 0 Å². The van der Waals surface area contributed by atoms with E-state index in [4.69, 9.17) is 47.4 Å². The first-order chi connectivity index (χ1) is 17.8. The van der Waals surface area contributed by atoms with Gasteiger partial charge in [-0.1, -0.05) is 6.92 Å². The van der Waals surface area contributed by atoms with Crippen LogP contribution in [0.5, 0.6) is 0 Å². The molecule has 0 aromatic carbocycles. The molecule has 11 nitrogen and oxygen atoms in total. The van der Waals surface area contributed by atoms with Gasteiger partial charge in [-0.15, -0.1) is 0 Å². The molecule has 0 aliphatic heterocycles. The lowest BCUT2D eigenvalue weighted by molar-refractivity contribution is -0.118. The maximum absolute atomic E-state index is 10.7. The number of ether oxygens (including phenoxy) is 10. The third-order valence-corrected chi connectivity index (χ3v) is 4.29. The van der Waals surface area contributed by atoms with Crippen molar-refractivity contribution in [2.75, 3.05) is 132 Å². The molecule has 216 valence electrons. The summed E-state index contributed by atoms with van der Waals surface area (Å²) in [5, 5.41) is 0. The Morgan fingerprint density at radius 1 is 0.361 bits per heavy atom. The summed E-state index contributed by atoms with van der Waals surface area (Å²) >= 11 is 0. The summed E-state index contributed by atoms with van der Waals surface area (Å²) in [4.78, 5) is 10.7. The molecule has 0 aromatic rings. The number of carbonyl (C=O) groups excluding carboxylic acids is 1. The topological polar surface area (TPSA) is 109 Å². The molecule has 0 atom stereocenters. The van der Waals surface area contributed by atoms with E-state index in [0.29, 0.717) is 132 Å². The molecule has 11 heteroatoms. The molecule has 0 aromatic heterocycles. The Kier molecular flexibility index (Phi) is 31.6. The van der Waals surface area contributed by atoms with Crippen LogP contribution < -0.4 is 0 Å². The molecule has 0 fully saturated rings. The van der Waals surface area contributed by atoms with Crippen LogP contribution in [-0.2, 0) is 52.2 Å². The third kappa shape index (κ3) is 33.3. The largest absolute Gasteiger partial charge is 0.379 e. The number of rotatable bonds is 32. The molecule has 0 aliphatic carbocycles. The maximum Gasteiger partial charge on any atom is 0.132 e. The van der Waals surface area contributed by atoms with Crippen LogP contribution in [0.4, 0.5) is 0 Å². The number of carbonyl (C=O) groups is 1. The fraction of sp³-hybridized carbons (Fsp3) is 0.960. The first-order valence-electron chi connectivity index (χ1n) is 13.0. The van der Waals surface area contributed by atoms with Gasteiger partial charge in [-0.2, -0.15) is 0 Å². The molecule has 0 saturated carbocycles. The minimum absolute atomic E-state index is 0.129. The van der Waals surface area contributed by atoms with Gasteiger partial charge in [0.25, 0.3) is 0 Å². The number of ketones is 1. The van der Waals surface area contributed by atoms with Gasteiger partial charge in [0.15, 0.2) is 0 Å². The molecule has 0 unspecified atom stereocenters. The van der Waals surface area contributed by atoms with Crippen molar-refractivity contribution in [3.63, 3.8) is 0 Å². The highest BCUT2D eigenvalue weighted by Gasteiger charge is 1.96. The van der Waals surface area contributed by atoms with Crippen LogP contribution in [0.1, 0.15) is 26.7 Å². The lowest BCUT2D eigenvalue weighted by Crippen LogP contribution is -2.15. The quantitative estimate of drug-likeness (QED) is 0.119. The molecular weight excluding hydrogens is 476 g/mol. The molecule has 0 aliphatic rings. The number of hydrogen-bond donors (Lipinski definition) is 0. The second kappa shape index (κ2) is 32.3. The van der Waals surface area contributed by atoms with Gasteiger partial charge in [0, 0.05) is 13.0 Å². The molecule has 36 heavy (non-hydrogen) atoms. The van der Waals surface area contributed by atoms with Gasteiger partial charge in [-0.3, -0.25) is 4.79 Å². The van der Waals surface area contributed by atoms with Gasteiger partial charge < -0.3 is 47.4 Å². The van der Waals surface area contributed by atoms with Crippen molar-refractivity contribution in [3.8, 4) is 0 Å². The smallest absolute Gasteiger partial charge is 0.132 e. The van der Waals surface area contributed by atoms with E-state index in [-0.39, 0.29) is 5.78 Å². The second-order valence-electron chi connectivity index (χ2n) is 7.58. The molecule has 0 bridgehead atoms. The molecule has 0 spiro atoms. The molecule has 0 N–H and O–H groups in total. The van der Waals surface area contributed by atoms with Crippen LogP contribution in [0.15, 0.2) is 0 Å². The summed E-state index contributed by atoms with van der Waals surface area (Å²) in [6, 6.07) is 0. The normalized spacial score (nSPS) is 11.4. The maximum atomic E-state index is 10.7. The Hall–Kier alpha value is -0.730. The van der Waals surface area contributed by atoms with E-state index in [1.807, 2.05) is 0 Å². The molecule has 0 rings (SSSR count). The molecule has 0 heterocycles. The summed E-state index contributed by atoms with van der Waals surface area (Å²) in [6.07, 6.45) is 1.47. The Balaban J connectivity index is 3.02. The average Bonchev–Trinajstić information content (AvgIpc) is 2.87. The van der Waals surface area contributed by atoms with E-state index in [0.717, 1.165) is 13.0 Å². The van der Waals surface area contributed by atoms with E-state index in [2.05, 4.69) is 6.92 Å². The summed E-state index contributed by atoms with van der Waals surface area (Å²) in [5.74, 6) is 0.129. The van der Waals surface area contributed by atoms with Crippen molar-refractivity contribution in [2.24, 2.45) is 0 Å². The van der Waals surface area contributed by atoms with E-state index in [9.17, 15) is 4.79 Å². The Morgan fingerprint density at radius 3 is 0.750 bits per heavy atom. The highest BCUT2D eigenvalue weighted by atomic mass is 16.6. The highest BCUT2D eigenvalue weighted by molar-refractivity contribution is 5.75. The molecule has 0 radical (unpaired) electrons. The van der Waals surface area contributed by atoms with Crippen LogP contribution in [0, 0.1) is 0 Å². The Bertz CT molecular complexity index is 427. The van der Waals surface area contributed by atoms with Crippen LogP contribution in [-0.4, -0.2) is 138 Å². The molecule has 0 saturated heterocycles. The summed E-state index contributed by atoms with van der Waals surface area (Å²) < 4.78 is 53.9. The fourth-order valence-electron chi connectivity index (χ4n) is 2.44. The van der Waals surface area contributed by atoms with E-state index in [1.165, 1.54) is 0 Å². The third-order valence-electron chi connectivity index (χ3n) is 4.29. The van der Waals surface area contributed by atoms with Crippen molar-refractivity contribution in [1.82, 2.24) is 0 Å². The van der Waals surface area contributed by atoms with Crippen molar-refractivity contribution < 1.29 is 52.2 Å². The first kappa shape index (κ1) is 35.3. The lowest BCUT2D eigenvalue weighted by atomic mass is 10.3. The van der Waals surface area contributed by atoms with E-state index < -0.39 is 0 Å². The van der Waals surface area contributed by atoms with E-state index >= 15 is 0 Å². The standard InChI is InChI=1S/C25H50O11/c1-3-5-27-7-9-29-11-13-31-15-17-33-19-21-35-23-24-36-22-20-34-18-16-32-14-12-30-10-8-28-6-4-25(2)26/h3-24H2,1-2H3. The summed E-state index contributed by atoms with van der Waals surface area (Å²) in [7, 11) is 0. The summed E-state index contributed by atoms with van der Waals surface area (Å²) in [6.45, 7) is 14.4. The first-order valence-corrected chi connectivity index (χ1v) is 13.0. The monoisotopic (exact) mass is 526 g/mol. The second-order valence-corrected chi connectivity index (χ2v) is 7.58. The van der Waals surface area contributed by atoms with Gasteiger partial charge >= 0.3 is 0 Å². The Morgan fingerprint density at radius 2 is 0.556 bits per heavy atom. The minimum Gasteiger partial charge on any atom is -0.379 e. The number of hydrogen-bond acceptors (Lipinski definition) is 11. The molecule has 0 amide bonds. The Labute approximate surface area is 217 Å². The van der Waals surface area contributed by atoms with Gasteiger partial charge in [-0.05, 0) is 13.3 Å². The average molecular weight is 527 g/mol. The zero-order valence-electron chi connectivity index (χ0n) is 22.5. The number of Topliss-reactive ketones (excluding diaryl/α,β-unsaturated/α-hetero) is 1. The predicted octanol–water partition coefficient (Wildman–Crippen LogP) is 1.54. The van der Waals surface area contributed by atoms with Crippen molar-refractivity contribution in [2.45, 2.75) is 26.7 Å². The predicted molar refractivity (Wildman–Crippen MR) is 134 cm³/mol. The van der Waals surface area contributed by atoms with Crippen molar-refractivity contribution in [3.05, 3.63) is 0 Å². The zero-order valence-corrected chi connectivity index (χ0v) is 22.5. The van der Waals surface area contributed by atoms with Gasteiger partial charge in [0.1, 0.15) is 5.78 Å². The van der Waals surface area contributed by atoms with Crippen LogP contribution >= 0.6 is 0 Å². The van der Waals surface area contributed by atoms with Gasteiger partial charge in [-0.25, -0.2) is 0 Å². The molecular formula is C25H50O11. The van der Waals surface area contributed by atoms with Crippen LogP contribution in [0.2, 0.25) is 0 Å². The fourth-order valence-corrected chi connectivity index (χ4v) is 2.44.